The Hall–Kier alpha value is -1.36. The molecule has 4 bridgehead atoms. The first-order chi connectivity index (χ1) is 23.4. The fraction of sp³-hybridized carbons (Fsp3) is 0.591. The number of hydrogen-bond acceptors (Lipinski definition) is 2. The summed E-state index contributed by atoms with van der Waals surface area (Å²) in [6.07, 6.45) is 9.20. The Labute approximate surface area is 284 Å². The maximum absolute atomic E-state index is 5.85. The molecule has 0 N–H and O–H groups in total. The molecule has 2 aromatic heterocycles. The quantitative estimate of drug-likeness (QED) is 0.151. The third-order valence-corrected chi connectivity index (χ3v) is 72.3. The fourth-order valence-corrected chi connectivity index (χ4v) is 118. The normalized spacial score (nSPS) is 65.7. The summed E-state index contributed by atoms with van der Waals surface area (Å²) in [5.74, 6) is 3.99. The monoisotopic (exact) mass is 722 g/mol. The zero-order valence-electron chi connectivity index (χ0n) is 28.9. The molecule has 14 fully saturated rings. The summed E-state index contributed by atoms with van der Waals surface area (Å²) in [6.45, 7) is 3.80. The van der Waals surface area contributed by atoms with Gasteiger partial charge in [-0.3, -0.25) is 0 Å². The van der Waals surface area contributed by atoms with Crippen molar-refractivity contribution in [3.8, 4) is 0 Å². The van der Waals surface area contributed by atoms with E-state index < -0.39 is 6.51 Å². The Morgan fingerprint density at radius 2 is 1.16 bits per heavy atom. The van der Waals surface area contributed by atoms with E-state index in [4.69, 9.17) is 9.97 Å². The first-order valence-electron chi connectivity index (χ1n) is 19.9. The molecule has 12 heterocycles. The SMILES string of the molecule is CC(C)(C)[C]12[CH]3[C]4(C(P)(c5ccc6ccccc6n5)c5ccc6ccccc6n5)[C]5(C6(CP)C7CC8CC(C7)CC6C8)[CH]1[Fe]32451678[CH]2[CH]1[CH]6[CH]7[CH]28. The third-order valence-electron chi connectivity index (χ3n) is 26.3. The van der Waals surface area contributed by atoms with Crippen LogP contribution in [0.3, 0.4) is 0 Å². The average molecular weight is 723 g/mol. The number of pyridine rings is 2. The molecule has 1 spiro atoms. The Morgan fingerprint density at radius 3 is 1.61 bits per heavy atom. The zero-order chi connectivity index (χ0) is 32.3. The van der Waals surface area contributed by atoms with E-state index in [1.165, 1.54) is 63.4 Å². The molecule has 49 heavy (non-hydrogen) atoms. The fourth-order valence-electron chi connectivity index (χ4n) is 29.6. The van der Waals surface area contributed by atoms with Crippen LogP contribution in [0.2, 0.25) is 46.7 Å². The number of rotatable bonds is 5. The van der Waals surface area contributed by atoms with Gasteiger partial charge in [-0.15, -0.1) is 0 Å². The standard InChI is InChI=1S/C39H43N2P2.C5H5.Fe/c1-37(2,3)28-21-31(38(23-42)29-17-24-16-25(19-29)20-30(38)18-24)32(22-28)39(43,35-14-12-26-8-4-6-10-33(26)40-35)36-15-13-27-9-5-7-11-34(27)41-36;1-2-4-5-3-1;/h4-15,21-22,24-25,29-30H,16-20,23,42-43H2,1-3H3;1-5H;. The van der Waals surface area contributed by atoms with E-state index >= 15 is 0 Å². The van der Waals surface area contributed by atoms with Crippen LogP contribution in [0.15, 0.2) is 72.8 Å². The number of hydrogen-bond donors (Lipinski definition) is 0. The van der Waals surface area contributed by atoms with E-state index in [1.54, 1.807) is 32.1 Å². The van der Waals surface area contributed by atoms with Crippen LogP contribution in [0.5, 0.6) is 0 Å². The molecule has 7 atom stereocenters. The zero-order valence-corrected chi connectivity index (χ0v) is 32.3. The van der Waals surface area contributed by atoms with Gasteiger partial charge in [0.2, 0.25) is 0 Å². The Balaban J connectivity index is 1.07. The van der Waals surface area contributed by atoms with Crippen LogP contribution in [0.1, 0.15) is 64.3 Å². The van der Waals surface area contributed by atoms with Crippen LogP contribution < -0.4 is 0 Å². The minimum absolute atomic E-state index is 0.217. The first-order valence-corrected chi connectivity index (χ1v) is 27.4. The van der Waals surface area contributed by atoms with E-state index in [2.05, 4.69) is 112 Å². The van der Waals surface area contributed by atoms with Crippen LogP contribution in [0.25, 0.3) is 21.8 Å². The van der Waals surface area contributed by atoms with Crippen LogP contribution in [0, 0.1) is 34.5 Å². The number of fused-ring (bicyclic) bond motifs is 13. The maximum atomic E-state index is 5.85. The van der Waals surface area contributed by atoms with Gasteiger partial charge in [-0.05, 0) is 0 Å². The van der Waals surface area contributed by atoms with Gasteiger partial charge in [-0.1, -0.05) is 0 Å². The molecule has 252 valence electrons. The van der Waals surface area contributed by atoms with Gasteiger partial charge in [0.25, 0.3) is 0 Å². The van der Waals surface area contributed by atoms with Crippen molar-refractivity contribution in [2.24, 2.45) is 34.5 Å². The van der Waals surface area contributed by atoms with Gasteiger partial charge in [0.05, 0.1) is 0 Å². The third kappa shape index (κ3) is 0.747. The second kappa shape index (κ2) is 4.28. The first kappa shape index (κ1) is 25.6. The topological polar surface area (TPSA) is 25.8 Å². The summed E-state index contributed by atoms with van der Waals surface area (Å²) in [7, 11) is 7.39. The van der Waals surface area contributed by atoms with Crippen molar-refractivity contribution < 1.29 is 6.51 Å². The molecule has 18 rings (SSSR count). The van der Waals surface area contributed by atoms with Crippen molar-refractivity contribution in [1.82, 2.24) is 9.97 Å². The molecule has 7 unspecified atom stereocenters. The predicted molar refractivity (Wildman–Crippen MR) is 202 cm³/mol. The number of aromatic nitrogens is 2. The Kier molecular flexibility index (Phi) is 2.24. The van der Waals surface area contributed by atoms with Crippen LogP contribution in [0.4, 0.5) is 0 Å². The van der Waals surface area contributed by atoms with E-state index in [0.717, 1.165) is 33.3 Å². The van der Waals surface area contributed by atoms with Gasteiger partial charge in [-0.25, -0.2) is 0 Å². The molecule has 10 aliphatic heterocycles. The van der Waals surface area contributed by atoms with Gasteiger partial charge < -0.3 is 0 Å². The Bertz CT molecular complexity index is 2710. The second-order valence-electron chi connectivity index (χ2n) is 23.2. The number of benzene rings is 2. The van der Waals surface area contributed by atoms with Crippen molar-refractivity contribution in [2.75, 3.05) is 6.16 Å². The molecule has 0 amide bonds. The molecular weight excluding hydrogens is 674 g/mol. The van der Waals surface area contributed by atoms with Crippen molar-refractivity contribution in [2.45, 2.75) is 105 Å². The van der Waals surface area contributed by atoms with Crippen molar-refractivity contribution in [3.63, 3.8) is 0 Å². The van der Waals surface area contributed by atoms with Gasteiger partial charge >= 0.3 is 286 Å². The molecule has 2 nitrogen and oxygen atoms in total. The van der Waals surface area contributed by atoms with E-state index in [-0.39, 0.29) is 5.16 Å². The molecule has 14 aliphatic rings. The summed E-state index contributed by atoms with van der Waals surface area (Å²) in [6, 6.07) is 27.8. The average Bonchev–Trinajstić information content (AvgIpc) is 4.05. The molecule has 4 aliphatic carbocycles. The molecule has 0 radical (unpaired) electrons. The summed E-state index contributed by atoms with van der Waals surface area (Å²) in [4.78, 5) is 19.8. The van der Waals surface area contributed by atoms with Crippen molar-refractivity contribution in [3.05, 3.63) is 84.2 Å². The number of nitrogens with zero attached hydrogens (tertiary/aromatic N) is 2. The number of para-hydroxylation sites is 2. The van der Waals surface area contributed by atoms with Crippen LogP contribution in [-0.4, -0.2) is 16.1 Å². The summed E-state index contributed by atoms with van der Waals surface area (Å²) in [5.41, 5.74) is 6.04. The van der Waals surface area contributed by atoms with Crippen LogP contribution in [-0.2, 0) is 11.7 Å². The molecule has 4 saturated carbocycles. The van der Waals surface area contributed by atoms with Crippen molar-refractivity contribution >= 4 is 40.3 Å². The minimum atomic E-state index is -4.51. The predicted octanol–water partition coefficient (Wildman–Crippen LogP) is 11.8. The second-order valence-corrected chi connectivity index (χ2v) is 47.4. The molecule has 5 heteroatoms. The van der Waals surface area contributed by atoms with Crippen molar-refractivity contribution in [1.29, 1.82) is 0 Å². The van der Waals surface area contributed by atoms with E-state index in [1.807, 2.05) is 0 Å². The molecule has 10 saturated heterocycles. The molecule has 4 aromatic rings. The van der Waals surface area contributed by atoms with E-state index in [9.17, 15) is 0 Å². The summed E-state index contributed by atoms with van der Waals surface area (Å²) >= 11 is 0. The van der Waals surface area contributed by atoms with E-state index in [0.29, 0.717) is 23.8 Å². The van der Waals surface area contributed by atoms with Gasteiger partial charge in [0.1, 0.15) is 0 Å². The molecular formula is C44H48FeN2P2. The van der Waals surface area contributed by atoms with Gasteiger partial charge in [-0.2, -0.15) is 0 Å². The van der Waals surface area contributed by atoms with Gasteiger partial charge in [0.15, 0.2) is 0 Å². The van der Waals surface area contributed by atoms with Crippen LogP contribution >= 0.6 is 18.5 Å². The Morgan fingerprint density at radius 1 is 0.673 bits per heavy atom. The van der Waals surface area contributed by atoms with Gasteiger partial charge in [0, 0.05) is 0 Å². The summed E-state index contributed by atoms with van der Waals surface area (Å²) in [5, 5.41) is 2.34. The molecule has 2 aromatic carbocycles. The summed E-state index contributed by atoms with van der Waals surface area (Å²) < 4.78 is 1.78.